The summed E-state index contributed by atoms with van der Waals surface area (Å²) in [7, 11) is 0. The summed E-state index contributed by atoms with van der Waals surface area (Å²) in [4.78, 5) is 8.87. The molecule has 122 valence electrons. The molecule has 23 heavy (non-hydrogen) atoms. The molecule has 0 radical (unpaired) electrons. The van der Waals surface area contributed by atoms with E-state index in [1.807, 2.05) is 18.5 Å². The van der Waals surface area contributed by atoms with E-state index in [1.54, 1.807) is 0 Å². The van der Waals surface area contributed by atoms with Crippen LogP contribution in [0.4, 0.5) is 0 Å². The predicted molar refractivity (Wildman–Crippen MR) is 93.1 cm³/mol. The van der Waals surface area contributed by atoms with Crippen LogP contribution in [0, 0.1) is 0 Å². The van der Waals surface area contributed by atoms with Crippen LogP contribution in [0.25, 0.3) is 0 Å². The Morgan fingerprint density at radius 1 is 1.22 bits per heavy atom. The van der Waals surface area contributed by atoms with Crippen molar-refractivity contribution in [2.75, 3.05) is 0 Å². The molecule has 5 nitrogen and oxygen atoms in total. The number of rotatable bonds is 5. The van der Waals surface area contributed by atoms with Crippen molar-refractivity contribution in [3.05, 3.63) is 54.1 Å². The van der Waals surface area contributed by atoms with Crippen molar-refractivity contribution in [2.24, 2.45) is 10.7 Å². The van der Waals surface area contributed by atoms with Gasteiger partial charge in [0.15, 0.2) is 5.96 Å². The van der Waals surface area contributed by atoms with Crippen molar-refractivity contribution in [3.8, 4) is 0 Å². The highest BCUT2D eigenvalue weighted by Gasteiger charge is 2.13. The second kappa shape index (κ2) is 7.81. The number of guanidine groups is 1. The first-order chi connectivity index (χ1) is 11.3. The summed E-state index contributed by atoms with van der Waals surface area (Å²) in [5, 5.41) is 3.34. The van der Waals surface area contributed by atoms with Gasteiger partial charge in [0, 0.05) is 25.0 Å². The molecule has 0 atom stereocenters. The topological polar surface area (TPSA) is 68.2 Å². The zero-order chi connectivity index (χ0) is 15.9. The van der Waals surface area contributed by atoms with Crippen LogP contribution in [0.1, 0.15) is 43.5 Å². The van der Waals surface area contributed by atoms with Gasteiger partial charge in [-0.2, -0.15) is 0 Å². The summed E-state index contributed by atoms with van der Waals surface area (Å²) in [6, 6.07) is 10.8. The van der Waals surface area contributed by atoms with E-state index in [0.29, 0.717) is 18.5 Å². The number of nitrogens with two attached hydrogens (primary N) is 1. The molecule has 3 rings (SSSR count). The van der Waals surface area contributed by atoms with Crippen molar-refractivity contribution in [3.63, 3.8) is 0 Å². The third-order valence-electron chi connectivity index (χ3n) is 4.35. The Labute approximate surface area is 137 Å². The molecule has 5 heteroatoms. The fraction of sp³-hybridized carbons (Fsp3) is 0.444. The summed E-state index contributed by atoms with van der Waals surface area (Å²) in [5.74, 6) is 1.47. The van der Waals surface area contributed by atoms with Crippen molar-refractivity contribution in [2.45, 2.75) is 51.2 Å². The Balaban J connectivity index is 1.57. The number of nitrogens with one attached hydrogen (secondary N) is 1. The maximum atomic E-state index is 6.03. The highest BCUT2D eigenvalue weighted by atomic mass is 15.1. The minimum Gasteiger partial charge on any atom is -0.370 e. The largest absolute Gasteiger partial charge is 0.370 e. The van der Waals surface area contributed by atoms with Gasteiger partial charge in [0.25, 0.3) is 0 Å². The van der Waals surface area contributed by atoms with Gasteiger partial charge in [0.05, 0.1) is 0 Å². The summed E-state index contributed by atoms with van der Waals surface area (Å²) in [6.07, 6.45) is 10.1. The molecule has 1 aliphatic rings. The molecule has 2 aromatic rings. The summed E-state index contributed by atoms with van der Waals surface area (Å²) in [6.45, 7) is 1.31. The second-order valence-corrected chi connectivity index (χ2v) is 6.14. The van der Waals surface area contributed by atoms with Crippen LogP contribution in [-0.2, 0) is 13.1 Å². The fourth-order valence-corrected chi connectivity index (χ4v) is 3.07. The molecular formula is C18H25N5. The number of hydrogen-bond acceptors (Lipinski definition) is 2. The molecule has 0 saturated heterocycles. The third kappa shape index (κ3) is 4.58. The van der Waals surface area contributed by atoms with E-state index in [-0.39, 0.29) is 0 Å². The van der Waals surface area contributed by atoms with Crippen molar-refractivity contribution in [1.29, 1.82) is 0 Å². The third-order valence-corrected chi connectivity index (χ3v) is 4.35. The van der Waals surface area contributed by atoms with Crippen LogP contribution in [0.2, 0.25) is 0 Å². The standard InChI is InChI=1S/C18H25N5/c19-18(22-16-9-5-2-6-10-16)21-13-17-20-11-12-23(17)14-15-7-3-1-4-8-15/h1,3-4,7-8,11-12,16H,2,5-6,9-10,13-14H2,(H3,19,21,22). The molecule has 0 bridgehead atoms. The quantitative estimate of drug-likeness (QED) is 0.659. The average molecular weight is 311 g/mol. The first-order valence-corrected chi connectivity index (χ1v) is 8.41. The Bertz CT molecular complexity index is 626. The monoisotopic (exact) mass is 311 g/mol. The first-order valence-electron chi connectivity index (χ1n) is 8.41. The van der Waals surface area contributed by atoms with Gasteiger partial charge in [-0.3, -0.25) is 0 Å². The van der Waals surface area contributed by atoms with Crippen LogP contribution < -0.4 is 11.1 Å². The minimum absolute atomic E-state index is 0.483. The number of nitrogens with zero attached hydrogens (tertiary/aromatic N) is 3. The number of imidazole rings is 1. The first kappa shape index (κ1) is 15.6. The van der Waals surface area contributed by atoms with E-state index < -0.39 is 0 Å². The lowest BCUT2D eigenvalue weighted by atomic mass is 9.96. The molecule has 0 amide bonds. The summed E-state index contributed by atoms with van der Waals surface area (Å²) < 4.78 is 2.12. The lowest BCUT2D eigenvalue weighted by Crippen LogP contribution is -2.41. The van der Waals surface area contributed by atoms with E-state index in [9.17, 15) is 0 Å². The lowest BCUT2D eigenvalue weighted by molar-refractivity contribution is 0.412. The minimum atomic E-state index is 0.483. The molecular weight excluding hydrogens is 286 g/mol. The predicted octanol–water partition coefficient (Wildman–Crippen LogP) is 2.67. The zero-order valence-corrected chi connectivity index (χ0v) is 13.5. The van der Waals surface area contributed by atoms with Crippen LogP contribution in [0.5, 0.6) is 0 Å². The molecule has 1 aliphatic carbocycles. The van der Waals surface area contributed by atoms with Crippen LogP contribution in [-0.4, -0.2) is 21.6 Å². The molecule has 1 heterocycles. The average Bonchev–Trinajstić information content (AvgIpc) is 3.02. The van der Waals surface area contributed by atoms with Gasteiger partial charge >= 0.3 is 0 Å². The van der Waals surface area contributed by atoms with E-state index >= 15 is 0 Å². The van der Waals surface area contributed by atoms with Gasteiger partial charge in [-0.05, 0) is 18.4 Å². The molecule has 1 fully saturated rings. The molecule has 0 unspecified atom stereocenters. The number of aliphatic imine (C=N–C) groups is 1. The Hall–Kier alpha value is -2.30. The maximum absolute atomic E-state index is 6.03. The highest BCUT2D eigenvalue weighted by Crippen LogP contribution is 2.17. The Kier molecular flexibility index (Phi) is 5.29. The summed E-state index contributed by atoms with van der Waals surface area (Å²) in [5.41, 5.74) is 7.28. The van der Waals surface area contributed by atoms with Crippen molar-refractivity contribution >= 4 is 5.96 Å². The Morgan fingerprint density at radius 3 is 2.78 bits per heavy atom. The molecule has 3 N–H and O–H groups in total. The normalized spacial score (nSPS) is 16.4. The molecule has 1 saturated carbocycles. The molecule has 1 aromatic carbocycles. The van der Waals surface area contributed by atoms with E-state index in [1.165, 1.54) is 37.7 Å². The number of benzene rings is 1. The zero-order valence-electron chi connectivity index (χ0n) is 13.5. The highest BCUT2D eigenvalue weighted by molar-refractivity contribution is 5.78. The number of hydrogen-bond donors (Lipinski definition) is 2. The van der Waals surface area contributed by atoms with E-state index in [4.69, 9.17) is 5.73 Å². The van der Waals surface area contributed by atoms with Crippen molar-refractivity contribution in [1.82, 2.24) is 14.9 Å². The van der Waals surface area contributed by atoms with Crippen LogP contribution in [0.15, 0.2) is 47.7 Å². The van der Waals surface area contributed by atoms with Crippen molar-refractivity contribution < 1.29 is 0 Å². The van der Waals surface area contributed by atoms with Gasteiger partial charge in [0.1, 0.15) is 12.4 Å². The van der Waals surface area contributed by atoms with Crippen LogP contribution >= 0.6 is 0 Å². The molecule has 1 aromatic heterocycles. The van der Waals surface area contributed by atoms with E-state index in [0.717, 1.165) is 12.4 Å². The SMILES string of the molecule is NC(=NCc1nccn1Cc1ccccc1)NC1CCCCC1. The second-order valence-electron chi connectivity index (χ2n) is 6.14. The summed E-state index contributed by atoms with van der Waals surface area (Å²) >= 11 is 0. The van der Waals surface area contributed by atoms with Gasteiger partial charge in [0.2, 0.25) is 0 Å². The smallest absolute Gasteiger partial charge is 0.189 e. The van der Waals surface area contributed by atoms with Gasteiger partial charge in [-0.25, -0.2) is 9.98 Å². The van der Waals surface area contributed by atoms with Crippen LogP contribution in [0.3, 0.4) is 0 Å². The number of aromatic nitrogens is 2. The van der Waals surface area contributed by atoms with Gasteiger partial charge in [-0.1, -0.05) is 49.6 Å². The fourth-order valence-electron chi connectivity index (χ4n) is 3.07. The maximum Gasteiger partial charge on any atom is 0.189 e. The van der Waals surface area contributed by atoms with Gasteiger partial charge in [-0.15, -0.1) is 0 Å². The Morgan fingerprint density at radius 2 is 2.00 bits per heavy atom. The molecule has 0 spiro atoms. The van der Waals surface area contributed by atoms with E-state index in [2.05, 4.69) is 44.1 Å². The van der Waals surface area contributed by atoms with Gasteiger partial charge < -0.3 is 15.6 Å². The molecule has 0 aliphatic heterocycles. The lowest BCUT2D eigenvalue weighted by Gasteiger charge is -2.23.